The molecule has 1 aromatic rings. The zero-order valence-corrected chi connectivity index (χ0v) is 12.2. The third kappa shape index (κ3) is 4.56. The number of hydrogen-bond donors (Lipinski definition) is 2. The molecule has 4 nitrogen and oxygen atoms in total. The van der Waals surface area contributed by atoms with Crippen molar-refractivity contribution < 1.29 is 9.53 Å². The summed E-state index contributed by atoms with van der Waals surface area (Å²) >= 11 is 0. The van der Waals surface area contributed by atoms with Crippen molar-refractivity contribution in [1.29, 1.82) is 0 Å². The topological polar surface area (TPSA) is 64.3 Å². The molecule has 0 aromatic heterocycles. The van der Waals surface area contributed by atoms with Crippen molar-refractivity contribution in [3.63, 3.8) is 0 Å². The summed E-state index contributed by atoms with van der Waals surface area (Å²) in [6, 6.07) is 5.70. The van der Waals surface area contributed by atoms with Crippen LogP contribution in [0.2, 0.25) is 0 Å². The summed E-state index contributed by atoms with van der Waals surface area (Å²) in [5.74, 6) is 1.21. The van der Waals surface area contributed by atoms with E-state index >= 15 is 0 Å². The maximum Gasteiger partial charge on any atom is 0.236 e. The highest BCUT2D eigenvalue weighted by molar-refractivity contribution is 5.80. The first kappa shape index (κ1) is 15.5. The third-order valence-corrected chi connectivity index (χ3v) is 3.04. The number of amides is 1. The summed E-state index contributed by atoms with van der Waals surface area (Å²) in [4.78, 5) is 11.4. The molecule has 0 saturated carbocycles. The van der Waals surface area contributed by atoms with Crippen LogP contribution in [-0.2, 0) is 11.2 Å². The van der Waals surface area contributed by atoms with Crippen LogP contribution >= 0.6 is 0 Å². The van der Waals surface area contributed by atoms with Crippen LogP contribution in [0.3, 0.4) is 0 Å². The van der Waals surface area contributed by atoms with Gasteiger partial charge in [-0.25, -0.2) is 0 Å². The van der Waals surface area contributed by atoms with Crippen molar-refractivity contribution in [2.75, 3.05) is 13.7 Å². The lowest BCUT2D eigenvalue weighted by Crippen LogP contribution is -2.39. The van der Waals surface area contributed by atoms with E-state index in [1.54, 1.807) is 14.0 Å². The zero-order valence-electron chi connectivity index (χ0n) is 12.2. The molecule has 0 heterocycles. The van der Waals surface area contributed by atoms with E-state index in [1.807, 2.05) is 12.1 Å². The van der Waals surface area contributed by atoms with Crippen molar-refractivity contribution in [2.45, 2.75) is 39.2 Å². The van der Waals surface area contributed by atoms with E-state index in [-0.39, 0.29) is 5.91 Å². The van der Waals surface area contributed by atoms with Crippen LogP contribution in [0.15, 0.2) is 18.2 Å². The first-order valence-corrected chi connectivity index (χ1v) is 6.65. The maximum absolute atomic E-state index is 11.4. The summed E-state index contributed by atoms with van der Waals surface area (Å²) in [5, 5.41) is 2.81. The van der Waals surface area contributed by atoms with Gasteiger partial charge in [-0.05, 0) is 36.5 Å². The minimum Gasteiger partial charge on any atom is -0.496 e. The molecule has 0 aliphatic heterocycles. The predicted octanol–water partition coefficient (Wildman–Crippen LogP) is 1.82. The standard InChI is InChI=1S/C15H24N2O2/c1-10(2)13-9-12(5-6-14(13)19-4)7-8-17-15(18)11(3)16/h5-6,9-11H,7-8,16H2,1-4H3,(H,17,18). The molecule has 0 bridgehead atoms. The minimum absolute atomic E-state index is 0.113. The molecule has 0 radical (unpaired) electrons. The number of carbonyl (C=O) groups is 1. The molecule has 1 aromatic carbocycles. The smallest absolute Gasteiger partial charge is 0.236 e. The van der Waals surface area contributed by atoms with E-state index in [9.17, 15) is 4.79 Å². The molecular weight excluding hydrogens is 240 g/mol. The van der Waals surface area contributed by atoms with Crippen LogP contribution in [-0.4, -0.2) is 25.6 Å². The van der Waals surface area contributed by atoms with Gasteiger partial charge in [0.25, 0.3) is 0 Å². The summed E-state index contributed by atoms with van der Waals surface area (Å²) in [6.45, 7) is 6.56. The second kappa shape index (κ2) is 7.14. The van der Waals surface area contributed by atoms with Crippen molar-refractivity contribution in [3.05, 3.63) is 29.3 Å². The number of hydrogen-bond acceptors (Lipinski definition) is 3. The first-order chi connectivity index (χ1) is 8.95. The Kier molecular flexibility index (Phi) is 5.83. The van der Waals surface area contributed by atoms with Gasteiger partial charge in [0.1, 0.15) is 5.75 Å². The van der Waals surface area contributed by atoms with E-state index in [0.717, 1.165) is 12.2 Å². The molecule has 106 valence electrons. The highest BCUT2D eigenvalue weighted by Gasteiger charge is 2.09. The summed E-state index contributed by atoms with van der Waals surface area (Å²) in [5.41, 5.74) is 7.87. The fraction of sp³-hybridized carbons (Fsp3) is 0.533. The van der Waals surface area contributed by atoms with Crippen LogP contribution in [0.1, 0.15) is 37.8 Å². The SMILES string of the molecule is COc1ccc(CCNC(=O)C(C)N)cc1C(C)C. The number of nitrogens with two attached hydrogens (primary N) is 1. The number of benzene rings is 1. The Morgan fingerprint density at radius 1 is 1.37 bits per heavy atom. The highest BCUT2D eigenvalue weighted by Crippen LogP contribution is 2.27. The molecule has 3 N–H and O–H groups in total. The molecule has 19 heavy (non-hydrogen) atoms. The number of nitrogens with one attached hydrogen (secondary N) is 1. The lowest BCUT2D eigenvalue weighted by atomic mass is 9.98. The maximum atomic E-state index is 11.4. The average Bonchev–Trinajstić information content (AvgIpc) is 2.38. The highest BCUT2D eigenvalue weighted by atomic mass is 16.5. The predicted molar refractivity (Wildman–Crippen MR) is 77.4 cm³/mol. The van der Waals surface area contributed by atoms with Crippen LogP contribution in [0.25, 0.3) is 0 Å². The molecule has 1 rings (SSSR count). The van der Waals surface area contributed by atoms with Gasteiger partial charge in [-0.1, -0.05) is 26.0 Å². The molecule has 1 atom stereocenters. The lowest BCUT2D eigenvalue weighted by molar-refractivity contribution is -0.121. The average molecular weight is 264 g/mol. The fourth-order valence-electron chi connectivity index (χ4n) is 1.88. The normalized spacial score (nSPS) is 12.3. The Morgan fingerprint density at radius 3 is 2.58 bits per heavy atom. The van der Waals surface area contributed by atoms with Gasteiger partial charge in [-0.3, -0.25) is 4.79 Å². The van der Waals surface area contributed by atoms with E-state index in [4.69, 9.17) is 10.5 Å². The van der Waals surface area contributed by atoms with E-state index in [0.29, 0.717) is 12.5 Å². The largest absolute Gasteiger partial charge is 0.496 e. The number of ether oxygens (including phenoxy) is 1. The van der Waals surface area contributed by atoms with Gasteiger partial charge >= 0.3 is 0 Å². The van der Waals surface area contributed by atoms with E-state index in [1.165, 1.54) is 11.1 Å². The van der Waals surface area contributed by atoms with Gasteiger partial charge in [0.15, 0.2) is 0 Å². The molecule has 0 aliphatic rings. The Labute approximate surface area is 115 Å². The van der Waals surface area contributed by atoms with Gasteiger partial charge in [0.05, 0.1) is 13.2 Å². The summed E-state index contributed by atoms with van der Waals surface area (Å²) < 4.78 is 5.35. The quantitative estimate of drug-likeness (QED) is 0.824. The Bertz CT molecular complexity index is 428. The van der Waals surface area contributed by atoms with Gasteiger partial charge < -0.3 is 15.8 Å². The number of carbonyl (C=O) groups excluding carboxylic acids is 1. The van der Waals surface area contributed by atoms with Gasteiger partial charge in [-0.2, -0.15) is 0 Å². The molecule has 0 saturated heterocycles. The van der Waals surface area contributed by atoms with Crippen LogP contribution in [0.5, 0.6) is 5.75 Å². The number of rotatable bonds is 6. The molecule has 1 unspecified atom stereocenters. The monoisotopic (exact) mass is 264 g/mol. The van der Waals surface area contributed by atoms with Crippen molar-refractivity contribution in [1.82, 2.24) is 5.32 Å². The van der Waals surface area contributed by atoms with Crippen LogP contribution < -0.4 is 15.8 Å². The Hall–Kier alpha value is -1.55. The van der Waals surface area contributed by atoms with Crippen LogP contribution in [0.4, 0.5) is 0 Å². The van der Waals surface area contributed by atoms with Crippen LogP contribution in [0, 0.1) is 0 Å². The van der Waals surface area contributed by atoms with E-state index in [2.05, 4.69) is 25.2 Å². The Balaban J connectivity index is 2.65. The molecule has 0 spiro atoms. The second-order valence-electron chi connectivity index (χ2n) is 5.06. The molecule has 4 heteroatoms. The fourth-order valence-corrected chi connectivity index (χ4v) is 1.88. The molecule has 0 fully saturated rings. The van der Waals surface area contributed by atoms with Crippen molar-refractivity contribution in [3.8, 4) is 5.75 Å². The second-order valence-corrected chi connectivity index (χ2v) is 5.06. The zero-order chi connectivity index (χ0) is 14.4. The molecule has 1 amide bonds. The third-order valence-electron chi connectivity index (χ3n) is 3.04. The summed E-state index contributed by atoms with van der Waals surface area (Å²) in [7, 11) is 1.68. The molecular formula is C15H24N2O2. The van der Waals surface area contributed by atoms with Crippen molar-refractivity contribution in [2.24, 2.45) is 5.73 Å². The molecule has 0 aliphatic carbocycles. The first-order valence-electron chi connectivity index (χ1n) is 6.65. The van der Waals surface area contributed by atoms with Gasteiger partial charge in [-0.15, -0.1) is 0 Å². The minimum atomic E-state index is -0.456. The lowest BCUT2D eigenvalue weighted by Gasteiger charge is -2.14. The van der Waals surface area contributed by atoms with Gasteiger partial charge in [0.2, 0.25) is 5.91 Å². The van der Waals surface area contributed by atoms with E-state index < -0.39 is 6.04 Å². The number of methoxy groups -OCH3 is 1. The Morgan fingerprint density at radius 2 is 2.05 bits per heavy atom. The van der Waals surface area contributed by atoms with Crippen molar-refractivity contribution >= 4 is 5.91 Å². The van der Waals surface area contributed by atoms with Gasteiger partial charge in [0, 0.05) is 6.54 Å². The summed E-state index contributed by atoms with van der Waals surface area (Å²) in [6.07, 6.45) is 0.794.